The molecule has 0 aromatic heterocycles. The summed E-state index contributed by atoms with van der Waals surface area (Å²) in [5.41, 5.74) is 0.913. The number of nitrogens with zero attached hydrogens (tertiary/aromatic N) is 2. The average Bonchev–Trinajstić information content (AvgIpc) is 2.35. The van der Waals surface area contributed by atoms with Gasteiger partial charge in [0.1, 0.15) is 0 Å². The molecule has 1 aromatic rings. The highest BCUT2D eigenvalue weighted by Gasteiger charge is 2.19. The second kappa shape index (κ2) is 5.59. The van der Waals surface area contributed by atoms with Crippen molar-refractivity contribution in [1.82, 2.24) is 4.90 Å². The Hall–Kier alpha value is -1.95. The maximum absolute atomic E-state index is 12.1. The number of rotatable bonds is 4. The minimum absolute atomic E-state index is 0.0399. The number of hydrogen-bond donors (Lipinski definition) is 1. The topological polar surface area (TPSA) is 83.7 Å². The van der Waals surface area contributed by atoms with Crippen LogP contribution in [0, 0.1) is 17.0 Å². The highest BCUT2D eigenvalue weighted by molar-refractivity contribution is 5.96. The number of carbonyl (C=O) groups excluding carboxylic acids is 1. The number of amides is 1. The van der Waals surface area contributed by atoms with E-state index < -0.39 is 4.92 Å². The summed E-state index contributed by atoms with van der Waals surface area (Å²) < 4.78 is 0. The minimum atomic E-state index is -0.499. The Bertz CT molecular complexity index is 473. The van der Waals surface area contributed by atoms with Crippen LogP contribution in [0.2, 0.25) is 0 Å². The highest BCUT2D eigenvalue weighted by Crippen LogP contribution is 2.18. The van der Waals surface area contributed by atoms with E-state index in [1.54, 1.807) is 20.9 Å². The molecule has 1 amide bonds. The number of aliphatic hydroxyl groups excluding tert-OH is 1. The summed E-state index contributed by atoms with van der Waals surface area (Å²) >= 11 is 0. The molecule has 6 heteroatoms. The molecule has 0 aliphatic carbocycles. The zero-order chi connectivity index (χ0) is 13.9. The van der Waals surface area contributed by atoms with Gasteiger partial charge < -0.3 is 10.0 Å². The van der Waals surface area contributed by atoms with Crippen LogP contribution in [0.4, 0.5) is 5.69 Å². The van der Waals surface area contributed by atoms with Crippen molar-refractivity contribution in [2.24, 2.45) is 0 Å². The van der Waals surface area contributed by atoms with E-state index in [0.717, 1.165) is 0 Å². The van der Waals surface area contributed by atoms with Gasteiger partial charge in [-0.15, -0.1) is 0 Å². The van der Waals surface area contributed by atoms with Gasteiger partial charge in [0, 0.05) is 24.7 Å². The lowest BCUT2D eigenvalue weighted by Crippen LogP contribution is -2.37. The summed E-state index contributed by atoms with van der Waals surface area (Å²) in [4.78, 5) is 23.6. The van der Waals surface area contributed by atoms with Gasteiger partial charge in [-0.25, -0.2) is 0 Å². The van der Waals surface area contributed by atoms with E-state index in [0.29, 0.717) is 11.1 Å². The largest absolute Gasteiger partial charge is 0.394 e. The SMILES string of the molecule is Cc1cc([N+](=O)[O-])ccc1C(=O)N(C)C(C)CO. The zero-order valence-corrected chi connectivity index (χ0v) is 10.6. The number of benzene rings is 1. The molecule has 1 atom stereocenters. The van der Waals surface area contributed by atoms with Gasteiger partial charge in [0.25, 0.3) is 11.6 Å². The average molecular weight is 252 g/mol. The van der Waals surface area contributed by atoms with Crippen LogP contribution in [-0.2, 0) is 0 Å². The first-order valence-corrected chi connectivity index (χ1v) is 5.51. The van der Waals surface area contributed by atoms with Gasteiger partial charge in [0.15, 0.2) is 0 Å². The Labute approximate surface area is 105 Å². The first-order chi connectivity index (χ1) is 8.38. The van der Waals surface area contributed by atoms with Gasteiger partial charge in [-0.3, -0.25) is 14.9 Å². The van der Waals surface area contributed by atoms with Crippen LogP contribution in [0.25, 0.3) is 0 Å². The molecular weight excluding hydrogens is 236 g/mol. The van der Waals surface area contributed by atoms with Gasteiger partial charge in [0.05, 0.1) is 17.6 Å². The number of nitro benzene ring substituents is 1. The molecule has 0 aliphatic heterocycles. The van der Waals surface area contributed by atoms with Crippen LogP contribution in [0.3, 0.4) is 0 Å². The molecular formula is C12H16N2O4. The highest BCUT2D eigenvalue weighted by atomic mass is 16.6. The Morgan fingerprint density at radius 3 is 2.61 bits per heavy atom. The zero-order valence-electron chi connectivity index (χ0n) is 10.6. The molecule has 0 spiro atoms. The van der Waals surface area contributed by atoms with Gasteiger partial charge in [0.2, 0.25) is 0 Å². The lowest BCUT2D eigenvalue weighted by atomic mass is 10.1. The number of hydrogen-bond acceptors (Lipinski definition) is 4. The Morgan fingerprint density at radius 1 is 1.56 bits per heavy atom. The number of likely N-dealkylation sites (N-methyl/N-ethyl adjacent to an activating group) is 1. The molecule has 0 heterocycles. The number of non-ortho nitro benzene ring substituents is 1. The van der Waals surface area contributed by atoms with Gasteiger partial charge in [-0.2, -0.15) is 0 Å². The standard InChI is InChI=1S/C12H16N2O4/c1-8-6-10(14(17)18)4-5-11(8)12(16)13(3)9(2)7-15/h4-6,9,15H,7H2,1-3H3. The molecule has 1 N–H and O–H groups in total. The molecule has 98 valence electrons. The van der Waals surface area contributed by atoms with Crippen molar-refractivity contribution in [3.63, 3.8) is 0 Å². The molecule has 6 nitrogen and oxygen atoms in total. The fraction of sp³-hybridized carbons (Fsp3) is 0.417. The molecule has 1 aromatic carbocycles. The fourth-order valence-electron chi connectivity index (χ4n) is 1.51. The van der Waals surface area contributed by atoms with E-state index in [-0.39, 0.29) is 24.2 Å². The van der Waals surface area contributed by atoms with Crippen molar-refractivity contribution in [2.45, 2.75) is 19.9 Å². The normalized spacial score (nSPS) is 12.0. The third-order valence-corrected chi connectivity index (χ3v) is 2.90. The Balaban J connectivity index is 3.04. The molecule has 0 aliphatic rings. The van der Waals surface area contributed by atoms with Crippen molar-refractivity contribution in [2.75, 3.05) is 13.7 Å². The quantitative estimate of drug-likeness (QED) is 0.647. The second-order valence-corrected chi connectivity index (χ2v) is 4.20. The molecule has 0 saturated carbocycles. The van der Waals surface area contributed by atoms with Crippen molar-refractivity contribution < 1.29 is 14.8 Å². The Morgan fingerprint density at radius 2 is 2.17 bits per heavy atom. The maximum Gasteiger partial charge on any atom is 0.269 e. The Kier molecular flexibility index (Phi) is 4.38. The van der Waals surface area contributed by atoms with Crippen LogP contribution < -0.4 is 0 Å². The number of aliphatic hydroxyl groups is 1. The van der Waals surface area contributed by atoms with Crippen LogP contribution in [0.5, 0.6) is 0 Å². The molecule has 1 unspecified atom stereocenters. The smallest absolute Gasteiger partial charge is 0.269 e. The number of carbonyl (C=O) groups is 1. The molecule has 0 radical (unpaired) electrons. The van der Waals surface area contributed by atoms with Crippen molar-refractivity contribution in [3.8, 4) is 0 Å². The summed E-state index contributed by atoms with van der Waals surface area (Å²) in [5.74, 6) is -0.260. The summed E-state index contributed by atoms with van der Waals surface area (Å²) in [6.45, 7) is 3.24. The van der Waals surface area contributed by atoms with Crippen LogP contribution in [-0.4, -0.2) is 40.5 Å². The van der Waals surface area contributed by atoms with Crippen LogP contribution in [0.1, 0.15) is 22.8 Å². The predicted octanol–water partition coefficient (Wildman–Crippen LogP) is 1.36. The third kappa shape index (κ3) is 2.84. The van der Waals surface area contributed by atoms with Gasteiger partial charge >= 0.3 is 0 Å². The summed E-state index contributed by atoms with van der Waals surface area (Å²) in [5, 5.41) is 19.6. The van der Waals surface area contributed by atoms with Gasteiger partial charge in [-0.05, 0) is 25.5 Å². The summed E-state index contributed by atoms with van der Waals surface area (Å²) in [6, 6.07) is 3.81. The molecule has 18 heavy (non-hydrogen) atoms. The molecule has 0 bridgehead atoms. The van der Waals surface area contributed by atoms with E-state index in [9.17, 15) is 14.9 Å². The molecule has 1 rings (SSSR count). The molecule has 0 saturated heterocycles. The van der Waals surface area contributed by atoms with E-state index in [4.69, 9.17) is 5.11 Å². The third-order valence-electron chi connectivity index (χ3n) is 2.90. The monoisotopic (exact) mass is 252 g/mol. The first kappa shape index (κ1) is 14.1. The van der Waals surface area contributed by atoms with Crippen molar-refractivity contribution >= 4 is 11.6 Å². The summed E-state index contributed by atoms with van der Waals surface area (Å²) in [6.07, 6.45) is 0. The second-order valence-electron chi connectivity index (χ2n) is 4.20. The molecule has 0 fully saturated rings. The van der Waals surface area contributed by atoms with Crippen molar-refractivity contribution in [1.29, 1.82) is 0 Å². The van der Waals surface area contributed by atoms with Crippen LogP contribution in [0.15, 0.2) is 18.2 Å². The van der Waals surface area contributed by atoms with E-state index in [1.807, 2.05) is 0 Å². The van der Waals surface area contributed by atoms with Crippen LogP contribution >= 0.6 is 0 Å². The summed E-state index contributed by atoms with van der Waals surface area (Å²) in [7, 11) is 1.59. The fourth-order valence-corrected chi connectivity index (χ4v) is 1.51. The number of nitro groups is 1. The minimum Gasteiger partial charge on any atom is -0.394 e. The van der Waals surface area contributed by atoms with Gasteiger partial charge in [-0.1, -0.05) is 0 Å². The van der Waals surface area contributed by atoms with E-state index >= 15 is 0 Å². The first-order valence-electron chi connectivity index (χ1n) is 5.51. The lowest BCUT2D eigenvalue weighted by molar-refractivity contribution is -0.384. The number of aryl methyl sites for hydroxylation is 1. The maximum atomic E-state index is 12.1. The van der Waals surface area contributed by atoms with E-state index in [2.05, 4.69) is 0 Å². The van der Waals surface area contributed by atoms with Crippen molar-refractivity contribution in [3.05, 3.63) is 39.4 Å². The lowest BCUT2D eigenvalue weighted by Gasteiger charge is -2.23. The predicted molar refractivity (Wildman–Crippen MR) is 66.5 cm³/mol. The van der Waals surface area contributed by atoms with E-state index in [1.165, 1.54) is 23.1 Å².